The summed E-state index contributed by atoms with van der Waals surface area (Å²) in [6.45, 7) is 1.69. The first-order valence-corrected chi connectivity index (χ1v) is 7.63. The molecule has 8 heteroatoms. The van der Waals surface area contributed by atoms with Gasteiger partial charge < -0.3 is 20.1 Å². The van der Waals surface area contributed by atoms with Crippen LogP contribution in [0.15, 0.2) is 18.2 Å². The van der Waals surface area contributed by atoms with E-state index in [9.17, 15) is 19.8 Å². The normalized spacial score (nSPS) is 24.1. The van der Waals surface area contributed by atoms with E-state index in [1.54, 1.807) is 13.0 Å². The molecule has 120 valence electrons. The van der Waals surface area contributed by atoms with Crippen LogP contribution in [0.2, 0.25) is 0 Å². The zero-order chi connectivity index (χ0) is 16.3. The van der Waals surface area contributed by atoms with Crippen LogP contribution in [0, 0.1) is 0 Å². The van der Waals surface area contributed by atoms with E-state index in [1.165, 1.54) is 23.9 Å². The molecule has 1 saturated heterocycles. The summed E-state index contributed by atoms with van der Waals surface area (Å²) in [7, 11) is 0. The van der Waals surface area contributed by atoms with Gasteiger partial charge in [0.1, 0.15) is 6.04 Å². The molecule has 0 bridgehead atoms. The summed E-state index contributed by atoms with van der Waals surface area (Å²) < 4.78 is 5.17. The molecule has 1 aliphatic rings. The van der Waals surface area contributed by atoms with Gasteiger partial charge >= 0.3 is 11.9 Å². The minimum atomic E-state index is -1.07. The smallest absolute Gasteiger partial charge is 0.336 e. The van der Waals surface area contributed by atoms with Gasteiger partial charge in [-0.15, -0.1) is 11.8 Å². The first-order valence-electron chi connectivity index (χ1n) is 6.64. The lowest BCUT2D eigenvalue weighted by molar-refractivity contribution is -0.147. The number of nitrogens with one attached hydrogen (secondary N) is 1. The Morgan fingerprint density at radius 1 is 1.41 bits per heavy atom. The highest BCUT2D eigenvalue weighted by molar-refractivity contribution is 8.01. The van der Waals surface area contributed by atoms with Crippen LogP contribution in [0.1, 0.15) is 12.5 Å². The van der Waals surface area contributed by atoms with Gasteiger partial charge in [0.05, 0.1) is 6.61 Å². The van der Waals surface area contributed by atoms with Crippen LogP contribution in [0.4, 0.5) is 0 Å². The van der Waals surface area contributed by atoms with Gasteiger partial charge in [0, 0.05) is 12.2 Å². The molecule has 1 aliphatic heterocycles. The maximum Gasteiger partial charge on any atom is 0.336 e. The van der Waals surface area contributed by atoms with E-state index < -0.39 is 22.9 Å². The van der Waals surface area contributed by atoms with Crippen LogP contribution in [-0.2, 0) is 20.7 Å². The van der Waals surface area contributed by atoms with Crippen molar-refractivity contribution in [2.75, 3.05) is 12.4 Å². The predicted molar refractivity (Wildman–Crippen MR) is 79.9 cm³/mol. The average molecular weight is 327 g/mol. The monoisotopic (exact) mass is 327 g/mol. The van der Waals surface area contributed by atoms with Crippen LogP contribution in [0.3, 0.4) is 0 Å². The van der Waals surface area contributed by atoms with Gasteiger partial charge in [-0.1, -0.05) is 6.07 Å². The van der Waals surface area contributed by atoms with Crippen molar-refractivity contribution in [3.63, 3.8) is 0 Å². The third-order valence-electron chi connectivity index (χ3n) is 3.34. The number of carboxylic acids is 1. The number of hydrogen-bond acceptors (Lipinski definition) is 7. The fourth-order valence-corrected chi connectivity index (χ4v) is 3.17. The Bertz CT molecular complexity index is 593. The number of phenolic OH excluding ortho intramolecular Hbond substituents is 2. The van der Waals surface area contributed by atoms with Crippen LogP contribution >= 0.6 is 11.8 Å². The van der Waals surface area contributed by atoms with Gasteiger partial charge in [-0.3, -0.25) is 10.1 Å². The molecular formula is C14H17NO6S. The maximum absolute atomic E-state index is 12.1. The molecule has 1 aromatic carbocycles. The second kappa shape index (κ2) is 6.45. The number of aromatic hydroxyl groups is 2. The molecule has 1 aromatic rings. The van der Waals surface area contributed by atoms with E-state index >= 15 is 0 Å². The Morgan fingerprint density at radius 3 is 2.73 bits per heavy atom. The molecule has 7 nitrogen and oxygen atoms in total. The molecule has 1 heterocycles. The summed E-state index contributed by atoms with van der Waals surface area (Å²) in [5.41, 5.74) is 0.712. The minimum absolute atomic E-state index is 0.0958. The lowest BCUT2D eigenvalue weighted by Crippen LogP contribution is -2.49. The number of carbonyl (C=O) groups excluding carboxylic acids is 1. The van der Waals surface area contributed by atoms with Crippen molar-refractivity contribution in [3.8, 4) is 11.5 Å². The van der Waals surface area contributed by atoms with Crippen LogP contribution in [0.5, 0.6) is 11.5 Å². The van der Waals surface area contributed by atoms with E-state index in [-0.39, 0.29) is 18.1 Å². The third-order valence-corrected chi connectivity index (χ3v) is 4.70. The lowest BCUT2D eigenvalue weighted by atomic mass is 10.1. The number of benzene rings is 1. The molecule has 1 fully saturated rings. The second-order valence-corrected chi connectivity index (χ2v) is 6.53. The number of carboxylic acid groups (broad SMARTS) is 1. The molecule has 2 atom stereocenters. The number of phenols is 2. The number of ether oxygens (including phenoxy) is 1. The molecule has 0 amide bonds. The molecular weight excluding hydrogens is 310 g/mol. The number of carbonyl (C=O) groups is 2. The number of rotatable bonds is 5. The Balaban J connectivity index is 1.85. The van der Waals surface area contributed by atoms with E-state index in [0.29, 0.717) is 17.7 Å². The first-order chi connectivity index (χ1) is 10.3. The standard InChI is InChI=1S/C14H17NO6S/c1-14(15-9(7-22-14)12(18)19)13(20)21-5-4-8-2-3-10(16)11(17)6-8/h2-3,6,9,15-17H,4-5,7H2,1H3,(H,18,19). The summed E-state index contributed by atoms with van der Waals surface area (Å²) >= 11 is 1.20. The van der Waals surface area contributed by atoms with Crippen molar-refractivity contribution in [1.29, 1.82) is 0 Å². The fraction of sp³-hybridized carbons (Fsp3) is 0.429. The van der Waals surface area contributed by atoms with Gasteiger partial charge in [0.15, 0.2) is 16.4 Å². The van der Waals surface area contributed by atoms with E-state index in [0.717, 1.165) is 0 Å². The number of aliphatic carboxylic acids is 1. The van der Waals surface area contributed by atoms with Crippen molar-refractivity contribution in [3.05, 3.63) is 23.8 Å². The first kappa shape index (κ1) is 16.4. The predicted octanol–water partition coefficient (Wildman–Crippen LogP) is 0.689. The summed E-state index contributed by atoms with van der Waals surface area (Å²) in [4.78, 5) is 21.9. The maximum atomic E-state index is 12.1. The molecule has 0 saturated carbocycles. The SMILES string of the molecule is CC1(C(=O)OCCc2ccc(O)c(O)c2)NC(C(=O)O)CS1. The molecule has 22 heavy (non-hydrogen) atoms. The second-order valence-electron chi connectivity index (χ2n) is 5.09. The molecule has 4 N–H and O–H groups in total. The topological polar surface area (TPSA) is 116 Å². The van der Waals surface area contributed by atoms with E-state index in [1.807, 2.05) is 0 Å². The van der Waals surface area contributed by atoms with E-state index in [2.05, 4.69) is 5.32 Å². The lowest BCUT2D eigenvalue weighted by Gasteiger charge is -2.21. The van der Waals surface area contributed by atoms with Crippen molar-refractivity contribution < 1.29 is 29.6 Å². The van der Waals surface area contributed by atoms with Crippen LogP contribution in [-0.4, -0.2) is 50.5 Å². The van der Waals surface area contributed by atoms with Crippen molar-refractivity contribution >= 4 is 23.7 Å². The molecule has 2 unspecified atom stereocenters. The van der Waals surface area contributed by atoms with Gasteiger partial charge in [-0.25, -0.2) is 4.79 Å². The highest BCUT2D eigenvalue weighted by Gasteiger charge is 2.45. The Labute approximate surface area is 131 Å². The highest BCUT2D eigenvalue weighted by atomic mass is 32.2. The summed E-state index contributed by atoms with van der Waals surface area (Å²) in [6.07, 6.45) is 0.378. The number of hydrogen-bond donors (Lipinski definition) is 4. The molecule has 2 rings (SSSR count). The zero-order valence-electron chi connectivity index (χ0n) is 11.9. The largest absolute Gasteiger partial charge is 0.504 e. The molecule has 0 radical (unpaired) electrons. The number of esters is 1. The molecule has 0 aliphatic carbocycles. The zero-order valence-corrected chi connectivity index (χ0v) is 12.7. The molecule has 0 spiro atoms. The van der Waals surface area contributed by atoms with E-state index in [4.69, 9.17) is 9.84 Å². The van der Waals surface area contributed by atoms with Gasteiger partial charge in [0.25, 0.3) is 0 Å². The summed E-state index contributed by atoms with van der Waals surface area (Å²) in [6, 6.07) is 3.61. The minimum Gasteiger partial charge on any atom is -0.504 e. The highest BCUT2D eigenvalue weighted by Crippen LogP contribution is 2.31. The van der Waals surface area contributed by atoms with Gasteiger partial charge in [-0.05, 0) is 24.6 Å². The van der Waals surface area contributed by atoms with Crippen molar-refractivity contribution in [2.24, 2.45) is 0 Å². The third kappa shape index (κ3) is 3.63. The Hall–Kier alpha value is -1.93. The van der Waals surface area contributed by atoms with Crippen molar-refractivity contribution in [2.45, 2.75) is 24.3 Å². The average Bonchev–Trinajstić information content (AvgIpc) is 2.87. The summed E-state index contributed by atoms with van der Waals surface area (Å²) in [5, 5.41) is 30.3. The van der Waals surface area contributed by atoms with Crippen LogP contribution < -0.4 is 5.32 Å². The number of thioether (sulfide) groups is 1. The van der Waals surface area contributed by atoms with Crippen LogP contribution in [0.25, 0.3) is 0 Å². The molecule has 0 aromatic heterocycles. The van der Waals surface area contributed by atoms with Gasteiger partial charge in [-0.2, -0.15) is 0 Å². The van der Waals surface area contributed by atoms with Gasteiger partial charge in [0.2, 0.25) is 0 Å². The van der Waals surface area contributed by atoms with Crippen molar-refractivity contribution in [1.82, 2.24) is 5.32 Å². The summed E-state index contributed by atoms with van der Waals surface area (Å²) in [5.74, 6) is -1.66. The Morgan fingerprint density at radius 2 is 2.14 bits per heavy atom. The Kier molecular flexibility index (Phi) is 4.82. The fourth-order valence-electron chi connectivity index (χ4n) is 2.04. The quantitative estimate of drug-likeness (QED) is 0.461.